The molecule has 23 heavy (non-hydrogen) atoms. The van der Waals surface area contributed by atoms with Gasteiger partial charge in [0, 0.05) is 0 Å². The van der Waals surface area contributed by atoms with Crippen LogP contribution in [0.25, 0.3) is 0 Å². The third-order valence-corrected chi connectivity index (χ3v) is 4.22. The molecule has 0 unspecified atom stereocenters. The monoisotopic (exact) mass is 349 g/mol. The normalized spacial score (nSPS) is 12.3. The predicted molar refractivity (Wildman–Crippen MR) is 71.1 cm³/mol. The summed E-state index contributed by atoms with van der Waals surface area (Å²) in [6.45, 7) is -0.337. The largest absolute Gasteiger partial charge is 0.475 e. The average Bonchev–Trinajstić information content (AvgIpc) is 2.94. The number of alkyl halides is 3. The number of aromatic carboxylic acids is 1. The van der Waals surface area contributed by atoms with E-state index >= 15 is 0 Å². The molecular weight excluding hydrogens is 339 g/mol. The third-order valence-electron chi connectivity index (χ3n) is 2.80. The Morgan fingerprint density at radius 1 is 1.13 bits per heavy atom. The van der Waals surface area contributed by atoms with Gasteiger partial charge in [0.05, 0.1) is 17.0 Å². The van der Waals surface area contributed by atoms with Crippen LogP contribution in [-0.2, 0) is 22.7 Å². The fraction of sp³-hybridized carbons (Fsp3) is 0.154. The van der Waals surface area contributed by atoms with Gasteiger partial charge in [-0.1, -0.05) is 0 Å². The van der Waals surface area contributed by atoms with Crippen LogP contribution in [-0.4, -0.2) is 19.5 Å². The minimum absolute atomic E-state index is 0.0536. The van der Waals surface area contributed by atoms with Crippen molar-refractivity contribution in [1.29, 1.82) is 0 Å². The second-order valence-corrected chi connectivity index (χ2v) is 6.18. The number of carboxylic acid groups (broad SMARTS) is 1. The Labute approximate surface area is 128 Å². The van der Waals surface area contributed by atoms with Crippen LogP contribution < -0.4 is 4.72 Å². The van der Waals surface area contributed by atoms with E-state index in [1.165, 1.54) is 6.07 Å². The van der Waals surface area contributed by atoms with Crippen molar-refractivity contribution in [3.63, 3.8) is 0 Å². The van der Waals surface area contributed by atoms with Crippen molar-refractivity contribution in [2.24, 2.45) is 0 Å². The van der Waals surface area contributed by atoms with Gasteiger partial charge in [0.15, 0.2) is 0 Å². The Kier molecular flexibility index (Phi) is 4.48. The Bertz CT molecular complexity index is 809. The number of carbonyl (C=O) groups is 1. The van der Waals surface area contributed by atoms with Crippen LogP contribution in [0.3, 0.4) is 0 Å². The molecule has 0 bridgehead atoms. The molecule has 6 nitrogen and oxygen atoms in total. The van der Waals surface area contributed by atoms with Gasteiger partial charge in [-0.2, -0.15) is 13.2 Å². The SMILES string of the molecule is O=C(O)c1ccc(CNS(=O)(=O)c2ccc(C(F)(F)F)cc2)o1. The van der Waals surface area contributed by atoms with Crippen LogP contribution in [0.1, 0.15) is 21.9 Å². The lowest BCUT2D eigenvalue weighted by Crippen LogP contribution is -2.23. The molecule has 2 rings (SSSR count). The van der Waals surface area contributed by atoms with Gasteiger partial charge >= 0.3 is 12.1 Å². The quantitative estimate of drug-likeness (QED) is 0.864. The van der Waals surface area contributed by atoms with E-state index < -0.39 is 27.7 Å². The van der Waals surface area contributed by atoms with E-state index in [1.54, 1.807) is 0 Å². The van der Waals surface area contributed by atoms with Crippen LogP contribution in [0.5, 0.6) is 0 Å². The van der Waals surface area contributed by atoms with E-state index in [0.717, 1.165) is 18.2 Å². The lowest BCUT2D eigenvalue weighted by molar-refractivity contribution is -0.137. The van der Waals surface area contributed by atoms with Crippen LogP contribution in [0.15, 0.2) is 45.7 Å². The van der Waals surface area contributed by atoms with Crippen molar-refractivity contribution >= 4 is 16.0 Å². The summed E-state index contributed by atoms with van der Waals surface area (Å²) in [5, 5.41) is 8.67. The van der Waals surface area contributed by atoms with E-state index in [-0.39, 0.29) is 23.0 Å². The maximum absolute atomic E-state index is 12.4. The van der Waals surface area contributed by atoms with Crippen LogP contribution in [0.4, 0.5) is 13.2 Å². The van der Waals surface area contributed by atoms with Gasteiger partial charge in [0.25, 0.3) is 0 Å². The highest BCUT2D eigenvalue weighted by atomic mass is 32.2. The fourth-order valence-electron chi connectivity index (χ4n) is 1.66. The van der Waals surface area contributed by atoms with E-state index in [0.29, 0.717) is 12.1 Å². The lowest BCUT2D eigenvalue weighted by atomic mass is 10.2. The number of rotatable bonds is 5. The summed E-state index contributed by atoms with van der Waals surface area (Å²) in [6.07, 6.45) is -4.56. The molecule has 0 saturated heterocycles. The van der Waals surface area contributed by atoms with Gasteiger partial charge in [-0.3, -0.25) is 0 Å². The second kappa shape index (κ2) is 6.05. The van der Waals surface area contributed by atoms with E-state index in [9.17, 15) is 26.4 Å². The minimum atomic E-state index is -4.56. The third kappa shape index (κ3) is 4.11. The summed E-state index contributed by atoms with van der Waals surface area (Å²) >= 11 is 0. The Hall–Kier alpha value is -2.33. The first-order valence-corrected chi connectivity index (χ1v) is 7.57. The molecule has 0 aliphatic carbocycles. The lowest BCUT2D eigenvalue weighted by Gasteiger charge is -2.08. The number of hydrogen-bond acceptors (Lipinski definition) is 4. The smallest absolute Gasteiger partial charge is 0.416 e. The molecule has 1 heterocycles. The van der Waals surface area contributed by atoms with Crippen molar-refractivity contribution in [3.8, 4) is 0 Å². The number of benzene rings is 1. The van der Waals surface area contributed by atoms with Crippen molar-refractivity contribution in [3.05, 3.63) is 53.5 Å². The van der Waals surface area contributed by atoms with Crippen LogP contribution in [0.2, 0.25) is 0 Å². The van der Waals surface area contributed by atoms with Gasteiger partial charge in [-0.15, -0.1) is 0 Å². The van der Waals surface area contributed by atoms with Crippen molar-refractivity contribution in [1.82, 2.24) is 4.72 Å². The van der Waals surface area contributed by atoms with Gasteiger partial charge in [-0.05, 0) is 36.4 Å². The highest BCUT2D eigenvalue weighted by Gasteiger charge is 2.30. The summed E-state index contributed by atoms with van der Waals surface area (Å²) in [5.41, 5.74) is -0.964. The predicted octanol–water partition coefficient (Wildman–Crippen LogP) is 2.48. The molecular formula is C13H10F3NO5S. The van der Waals surface area contributed by atoms with Gasteiger partial charge in [-0.25, -0.2) is 17.9 Å². The topological polar surface area (TPSA) is 96.6 Å². The van der Waals surface area contributed by atoms with Crippen LogP contribution >= 0.6 is 0 Å². The molecule has 2 aromatic rings. The zero-order valence-electron chi connectivity index (χ0n) is 11.3. The number of furan rings is 1. The molecule has 1 aromatic carbocycles. The second-order valence-electron chi connectivity index (χ2n) is 4.42. The Morgan fingerprint density at radius 3 is 2.22 bits per heavy atom. The molecule has 0 radical (unpaired) electrons. The van der Waals surface area contributed by atoms with Gasteiger partial charge < -0.3 is 9.52 Å². The first kappa shape index (κ1) is 17.0. The Morgan fingerprint density at radius 2 is 1.74 bits per heavy atom. The molecule has 0 spiro atoms. The molecule has 0 aliphatic heterocycles. The molecule has 0 saturated carbocycles. The molecule has 1 aromatic heterocycles. The van der Waals surface area contributed by atoms with Gasteiger partial charge in [0.1, 0.15) is 5.76 Å². The molecule has 0 aliphatic rings. The number of carboxylic acids is 1. The summed E-state index contributed by atoms with van der Waals surface area (Å²) in [7, 11) is -4.06. The number of hydrogen-bond donors (Lipinski definition) is 2. The van der Waals surface area contributed by atoms with E-state index in [2.05, 4.69) is 4.72 Å². The van der Waals surface area contributed by atoms with Crippen molar-refractivity contribution in [2.45, 2.75) is 17.6 Å². The van der Waals surface area contributed by atoms with E-state index in [4.69, 9.17) is 9.52 Å². The van der Waals surface area contributed by atoms with Crippen LogP contribution in [0, 0.1) is 0 Å². The number of nitrogens with one attached hydrogen (secondary N) is 1. The first-order chi connectivity index (χ1) is 10.6. The molecule has 2 N–H and O–H groups in total. The molecule has 10 heteroatoms. The summed E-state index contributed by atoms with van der Waals surface area (Å²) in [6, 6.07) is 5.41. The zero-order chi connectivity index (χ0) is 17.3. The van der Waals surface area contributed by atoms with Gasteiger partial charge in [0.2, 0.25) is 15.8 Å². The summed E-state index contributed by atoms with van der Waals surface area (Å²) in [4.78, 5) is 10.3. The average molecular weight is 349 g/mol. The minimum Gasteiger partial charge on any atom is -0.475 e. The fourth-order valence-corrected chi connectivity index (χ4v) is 2.65. The molecule has 0 amide bonds. The standard InChI is InChI=1S/C13H10F3NO5S/c14-13(15,16)8-1-4-10(5-2-8)23(20,21)17-7-9-3-6-11(22-9)12(18)19/h1-6,17H,7H2,(H,18,19). The zero-order valence-corrected chi connectivity index (χ0v) is 12.1. The highest BCUT2D eigenvalue weighted by Crippen LogP contribution is 2.29. The van der Waals surface area contributed by atoms with Crippen molar-refractivity contribution in [2.75, 3.05) is 0 Å². The maximum Gasteiger partial charge on any atom is 0.416 e. The molecule has 124 valence electrons. The van der Waals surface area contributed by atoms with E-state index in [1.807, 2.05) is 0 Å². The maximum atomic E-state index is 12.4. The molecule has 0 atom stereocenters. The Balaban J connectivity index is 2.10. The number of sulfonamides is 1. The first-order valence-electron chi connectivity index (χ1n) is 6.08. The number of halogens is 3. The van der Waals surface area contributed by atoms with Crippen molar-refractivity contribution < 1.29 is 35.9 Å². The molecule has 0 fully saturated rings. The summed E-state index contributed by atoms with van der Waals surface area (Å²) < 4.78 is 68.2. The highest BCUT2D eigenvalue weighted by molar-refractivity contribution is 7.89. The summed E-state index contributed by atoms with van der Waals surface area (Å²) in [5.74, 6) is -1.60.